The minimum Gasteiger partial charge on any atom is -0.318 e. The summed E-state index contributed by atoms with van der Waals surface area (Å²) >= 11 is 0. The molecule has 0 amide bonds. The highest BCUT2D eigenvalue weighted by Crippen LogP contribution is 2.52. The van der Waals surface area contributed by atoms with Crippen molar-refractivity contribution in [2.45, 2.75) is 65.2 Å². The number of carbonyl (C=O) groups excluding carboxylic acids is 2. The molecule has 2 aromatic rings. The van der Waals surface area contributed by atoms with E-state index in [1.807, 2.05) is 19.1 Å². The van der Waals surface area contributed by atoms with Gasteiger partial charge in [0.25, 0.3) is 0 Å². The van der Waals surface area contributed by atoms with Crippen LogP contribution in [0.25, 0.3) is 11.1 Å². The topological polar surface area (TPSA) is 55.7 Å². The molecule has 3 rings (SSSR count). The fourth-order valence-corrected chi connectivity index (χ4v) is 4.38. The number of hydrogen-bond acceptors (Lipinski definition) is 4. The second kappa shape index (κ2) is 8.73. The lowest BCUT2D eigenvalue weighted by atomic mass is 9.73. The number of rotatable bonds is 8. The lowest BCUT2D eigenvalue weighted by Gasteiger charge is -2.29. The van der Waals surface area contributed by atoms with Gasteiger partial charge >= 0.3 is 5.97 Å². The van der Waals surface area contributed by atoms with Crippen molar-refractivity contribution in [1.29, 1.82) is 0 Å². The maximum absolute atomic E-state index is 13.2. The van der Waals surface area contributed by atoms with E-state index in [4.69, 9.17) is 4.84 Å². The maximum Gasteiger partial charge on any atom is 0.334 e. The molecule has 2 aromatic carbocycles. The Morgan fingerprint density at radius 2 is 1.62 bits per heavy atom. The van der Waals surface area contributed by atoms with E-state index >= 15 is 0 Å². The van der Waals surface area contributed by atoms with Crippen molar-refractivity contribution in [1.82, 2.24) is 0 Å². The van der Waals surface area contributed by atoms with Gasteiger partial charge in [0.05, 0.1) is 0 Å². The van der Waals surface area contributed by atoms with E-state index in [1.165, 1.54) is 22.3 Å². The highest BCUT2D eigenvalue weighted by molar-refractivity contribution is 6.46. The van der Waals surface area contributed by atoms with Crippen molar-refractivity contribution >= 4 is 17.5 Å². The zero-order chi connectivity index (χ0) is 21.0. The van der Waals surface area contributed by atoms with Crippen LogP contribution in [0.15, 0.2) is 47.6 Å². The van der Waals surface area contributed by atoms with E-state index in [0.717, 1.165) is 19.3 Å². The Morgan fingerprint density at radius 1 is 0.931 bits per heavy atom. The second-order valence-electron chi connectivity index (χ2n) is 7.53. The van der Waals surface area contributed by atoms with Crippen molar-refractivity contribution in [2.24, 2.45) is 5.16 Å². The Morgan fingerprint density at radius 3 is 2.28 bits per heavy atom. The molecular weight excluding hydrogens is 362 g/mol. The smallest absolute Gasteiger partial charge is 0.318 e. The molecule has 0 heterocycles. The largest absolute Gasteiger partial charge is 0.334 e. The summed E-state index contributed by atoms with van der Waals surface area (Å²) in [5.74, 6) is -0.609. The molecule has 0 saturated carbocycles. The highest BCUT2D eigenvalue weighted by Gasteiger charge is 2.40. The van der Waals surface area contributed by atoms with Crippen LogP contribution in [0.2, 0.25) is 0 Å². The van der Waals surface area contributed by atoms with Gasteiger partial charge < -0.3 is 4.84 Å². The molecule has 0 aliphatic heterocycles. The lowest BCUT2D eigenvalue weighted by Crippen LogP contribution is -2.24. The summed E-state index contributed by atoms with van der Waals surface area (Å²) in [5.41, 5.74) is 5.81. The number of benzene rings is 2. The number of nitrogens with zero attached hydrogens (tertiary/aromatic N) is 1. The van der Waals surface area contributed by atoms with Crippen molar-refractivity contribution < 1.29 is 14.4 Å². The fourth-order valence-electron chi connectivity index (χ4n) is 4.38. The van der Waals surface area contributed by atoms with Gasteiger partial charge in [-0.3, -0.25) is 4.79 Å². The van der Waals surface area contributed by atoms with Gasteiger partial charge in [0.1, 0.15) is 5.71 Å². The van der Waals surface area contributed by atoms with Gasteiger partial charge in [-0.1, -0.05) is 75.7 Å². The molecule has 4 heteroatoms. The summed E-state index contributed by atoms with van der Waals surface area (Å²) in [6.07, 6.45) is 3.38. The van der Waals surface area contributed by atoms with Gasteiger partial charge in [-0.2, -0.15) is 0 Å². The summed E-state index contributed by atoms with van der Waals surface area (Å²) in [5, 5.41) is 3.89. The molecular formula is C25H29NO3. The van der Waals surface area contributed by atoms with Gasteiger partial charge in [0.2, 0.25) is 5.78 Å². The quantitative estimate of drug-likeness (QED) is 0.238. The Hall–Kier alpha value is -2.75. The minimum atomic E-state index is -0.438. The van der Waals surface area contributed by atoms with Crippen LogP contribution in [0.1, 0.15) is 81.3 Å². The average molecular weight is 392 g/mol. The molecule has 0 spiro atoms. The third-order valence-corrected chi connectivity index (χ3v) is 6.03. The predicted octanol–water partition coefficient (Wildman–Crippen LogP) is 6.07. The van der Waals surface area contributed by atoms with Crippen LogP contribution in [-0.4, -0.2) is 17.5 Å². The van der Waals surface area contributed by atoms with Gasteiger partial charge in [-0.25, -0.2) is 4.79 Å². The monoisotopic (exact) mass is 391 g/mol. The Balaban J connectivity index is 2.05. The fraction of sp³-hybridized carbons (Fsp3) is 0.400. The third kappa shape index (κ3) is 3.64. The SMILES string of the molecule is CCC/C(=N/OC(=O)CC)C(=O)c1ccc2c(c1)C(CC)(CC)c1ccccc1-2. The van der Waals surface area contributed by atoms with Crippen molar-refractivity contribution in [3.8, 4) is 11.1 Å². The van der Waals surface area contributed by atoms with Crippen molar-refractivity contribution in [3.05, 3.63) is 59.2 Å². The molecule has 0 radical (unpaired) electrons. The molecule has 0 atom stereocenters. The van der Waals surface area contributed by atoms with Gasteiger partial charge in [0.15, 0.2) is 0 Å². The first kappa shape index (κ1) is 21.0. The molecule has 0 saturated heterocycles. The standard InChI is InChI=1S/C25H29NO3/c1-5-11-22(26-29-23(27)6-2)24(28)17-14-15-19-18-12-9-10-13-20(18)25(7-3,8-4)21(19)16-17/h9-10,12-16H,5-8,11H2,1-4H3/b26-22-. The molecule has 0 unspecified atom stereocenters. The average Bonchev–Trinajstić information content (AvgIpc) is 3.05. The van der Waals surface area contributed by atoms with E-state index in [-0.39, 0.29) is 17.6 Å². The molecule has 1 aliphatic carbocycles. The van der Waals surface area contributed by atoms with Gasteiger partial charge in [-0.05, 0) is 47.6 Å². The van der Waals surface area contributed by atoms with Crippen molar-refractivity contribution in [3.63, 3.8) is 0 Å². The summed E-state index contributed by atoms with van der Waals surface area (Å²) in [6, 6.07) is 14.5. The van der Waals surface area contributed by atoms with Gasteiger partial charge in [0, 0.05) is 17.4 Å². The summed E-state index contributed by atoms with van der Waals surface area (Å²) in [6.45, 7) is 8.09. The Kier molecular flexibility index (Phi) is 6.31. The normalized spacial score (nSPS) is 14.3. The summed E-state index contributed by atoms with van der Waals surface area (Å²) in [4.78, 5) is 29.6. The molecule has 29 heavy (non-hydrogen) atoms. The first-order valence-corrected chi connectivity index (χ1v) is 10.6. The van der Waals surface area contributed by atoms with Crippen LogP contribution in [0.4, 0.5) is 0 Å². The number of hydrogen-bond donors (Lipinski definition) is 0. The number of oxime groups is 1. The van der Waals surface area contributed by atoms with Crippen LogP contribution in [-0.2, 0) is 15.0 Å². The van der Waals surface area contributed by atoms with Crippen LogP contribution in [0, 0.1) is 0 Å². The predicted molar refractivity (Wildman–Crippen MR) is 116 cm³/mol. The number of fused-ring (bicyclic) bond motifs is 3. The maximum atomic E-state index is 13.2. The number of carbonyl (C=O) groups is 2. The van der Waals surface area contributed by atoms with Crippen LogP contribution < -0.4 is 0 Å². The number of Topliss-reactive ketones (excluding diaryl/α,β-unsaturated/α-hetero) is 1. The molecule has 0 aromatic heterocycles. The Labute approximate surface area is 173 Å². The van der Waals surface area contributed by atoms with E-state index in [0.29, 0.717) is 17.7 Å². The second-order valence-corrected chi connectivity index (χ2v) is 7.53. The number of ketones is 1. The molecule has 152 valence electrons. The first-order chi connectivity index (χ1) is 14.0. The zero-order valence-electron chi connectivity index (χ0n) is 17.7. The van der Waals surface area contributed by atoms with Gasteiger partial charge in [-0.15, -0.1) is 0 Å². The minimum absolute atomic E-state index is 0.0844. The van der Waals surface area contributed by atoms with Crippen LogP contribution in [0.5, 0.6) is 0 Å². The van der Waals surface area contributed by atoms with E-state index < -0.39 is 5.97 Å². The lowest BCUT2D eigenvalue weighted by molar-refractivity contribution is -0.143. The van der Waals surface area contributed by atoms with E-state index in [9.17, 15) is 9.59 Å². The highest BCUT2D eigenvalue weighted by atomic mass is 16.7. The molecule has 1 aliphatic rings. The van der Waals surface area contributed by atoms with E-state index in [2.05, 4.69) is 49.3 Å². The summed E-state index contributed by atoms with van der Waals surface area (Å²) in [7, 11) is 0. The molecule has 0 N–H and O–H groups in total. The van der Waals surface area contributed by atoms with Crippen LogP contribution >= 0.6 is 0 Å². The van der Waals surface area contributed by atoms with E-state index in [1.54, 1.807) is 6.92 Å². The zero-order valence-corrected chi connectivity index (χ0v) is 17.7. The third-order valence-electron chi connectivity index (χ3n) is 6.03. The van der Waals surface area contributed by atoms with Crippen molar-refractivity contribution in [2.75, 3.05) is 0 Å². The first-order valence-electron chi connectivity index (χ1n) is 10.6. The molecule has 4 nitrogen and oxygen atoms in total. The molecule has 0 bridgehead atoms. The molecule has 0 fully saturated rings. The Bertz CT molecular complexity index is 954. The summed E-state index contributed by atoms with van der Waals surface area (Å²) < 4.78 is 0. The van der Waals surface area contributed by atoms with Crippen LogP contribution in [0.3, 0.4) is 0 Å².